The standard InChI is InChI=1S/C22H23N5O4/c1-14-9-10-17(11-20(14)27(30)31)22(29)24-13-21(28)23-12-19-15(2)25-26(16(19)3)18-7-5-4-6-8-18/h4-11H,12-13H2,1-3H3,(H,23,28)(H,24,29). The fraction of sp³-hybridized carbons (Fsp3) is 0.227. The Morgan fingerprint density at radius 1 is 1.06 bits per heavy atom. The van der Waals surface area contributed by atoms with Gasteiger partial charge in [0.25, 0.3) is 11.6 Å². The van der Waals surface area contributed by atoms with Crippen molar-refractivity contribution in [1.82, 2.24) is 20.4 Å². The molecule has 0 aliphatic carbocycles. The van der Waals surface area contributed by atoms with Crippen molar-refractivity contribution in [3.8, 4) is 5.69 Å². The van der Waals surface area contributed by atoms with Crippen molar-refractivity contribution in [2.45, 2.75) is 27.3 Å². The first-order valence-corrected chi connectivity index (χ1v) is 9.68. The van der Waals surface area contributed by atoms with E-state index in [0.29, 0.717) is 5.56 Å². The summed E-state index contributed by atoms with van der Waals surface area (Å²) in [4.78, 5) is 35.0. The highest BCUT2D eigenvalue weighted by Crippen LogP contribution is 2.19. The van der Waals surface area contributed by atoms with Crippen molar-refractivity contribution in [3.63, 3.8) is 0 Å². The van der Waals surface area contributed by atoms with Crippen molar-refractivity contribution in [1.29, 1.82) is 0 Å². The van der Waals surface area contributed by atoms with E-state index in [1.165, 1.54) is 18.2 Å². The molecule has 0 unspecified atom stereocenters. The second-order valence-corrected chi connectivity index (χ2v) is 7.11. The van der Waals surface area contributed by atoms with Gasteiger partial charge in [0.1, 0.15) is 0 Å². The van der Waals surface area contributed by atoms with Gasteiger partial charge < -0.3 is 10.6 Å². The van der Waals surface area contributed by atoms with Crippen molar-refractivity contribution in [2.75, 3.05) is 6.54 Å². The predicted octanol–water partition coefficient (Wildman–Crippen LogP) is 2.75. The Morgan fingerprint density at radius 2 is 1.77 bits per heavy atom. The summed E-state index contributed by atoms with van der Waals surface area (Å²) in [5.74, 6) is -0.927. The Hall–Kier alpha value is -4.01. The van der Waals surface area contributed by atoms with E-state index in [1.807, 2.05) is 48.9 Å². The second kappa shape index (κ2) is 9.21. The molecule has 3 rings (SSSR count). The number of nitrogens with zero attached hydrogens (tertiary/aromatic N) is 3. The summed E-state index contributed by atoms with van der Waals surface area (Å²) in [7, 11) is 0. The second-order valence-electron chi connectivity index (χ2n) is 7.11. The van der Waals surface area contributed by atoms with Gasteiger partial charge in [0, 0.05) is 35.0 Å². The van der Waals surface area contributed by atoms with Gasteiger partial charge in [-0.05, 0) is 39.0 Å². The molecule has 0 fully saturated rings. The molecule has 0 aliphatic rings. The predicted molar refractivity (Wildman–Crippen MR) is 115 cm³/mol. The van der Waals surface area contributed by atoms with Crippen LogP contribution in [0.2, 0.25) is 0 Å². The highest BCUT2D eigenvalue weighted by molar-refractivity contribution is 5.97. The van der Waals surface area contributed by atoms with E-state index in [0.717, 1.165) is 22.6 Å². The average Bonchev–Trinajstić information content (AvgIpc) is 3.04. The third kappa shape index (κ3) is 4.95. The number of carbonyl (C=O) groups excluding carboxylic acids is 2. The van der Waals surface area contributed by atoms with Crippen LogP contribution in [0.25, 0.3) is 5.69 Å². The molecule has 0 atom stereocenters. The van der Waals surface area contributed by atoms with Crippen molar-refractivity contribution >= 4 is 17.5 Å². The molecule has 160 valence electrons. The molecule has 31 heavy (non-hydrogen) atoms. The summed E-state index contributed by atoms with van der Waals surface area (Å²) in [6.45, 7) is 5.43. The first kappa shape index (κ1) is 21.7. The summed E-state index contributed by atoms with van der Waals surface area (Å²) in [5.41, 5.74) is 4.00. The molecular weight excluding hydrogens is 398 g/mol. The molecule has 0 radical (unpaired) electrons. The lowest BCUT2D eigenvalue weighted by molar-refractivity contribution is -0.385. The maximum atomic E-state index is 12.3. The van der Waals surface area contributed by atoms with Crippen molar-refractivity contribution in [2.24, 2.45) is 0 Å². The Morgan fingerprint density at radius 3 is 2.45 bits per heavy atom. The van der Waals surface area contributed by atoms with E-state index in [1.54, 1.807) is 6.92 Å². The van der Waals surface area contributed by atoms with Crippen LogP contribution >= 0.6 is 0 Å². The number of hydrogen-bond donors (Lipinski definition) is 2. The number of nitro groups is 1. The number of nitro benzene ring substituents is 1. The lowest BCUT2D eigenvalue weighted by Gasteiger charge is -2.08. The maximum Gasteiger partial charge on any atom is 0.273 e. The average molecular weight is 421 g/mol. The summed E-state index contributed by atoms with van der Waals surface area (Å²) in [6.07, 6.45) is 0. The minimum atomic E-state index is -0.553. The van der Waals surface area contributed by atoms with Gasteiger partial charge >= 0.3 is 0 Å². The van der Waals surface area contributed by atoms with Crippen LogP contribution in [0.4, 0.5) is 5.69 Å². The van der Waals surface area contributed by atoms with Crippen LogP contribution < -0.4 is 10.6 Å². The van der Waals surface area contributed by atoms with E-state index in [9.17, 15) is 19.7 Å². The monoisotopic (exact) mass is 421 g/mol. The summed E-state index contributed by atoms with van der Waals surface area (Å²) >= 11 is 0. The third-order valence-corrected chi connectivity index (χ3v) is 4.98. The Labute approximate surface area is 179 Å². The summed E-state index contributed by atoms with van der Waals surface area (Å²) in [5, 5.41) is 20.8. The van der Waals surface area contributed by atoms with Gasteiger partial charge in [0.15, 0.2) is 0 Å². The Balaban J connectivity index is 1.59. The van der Waals surface area contributed by atoms with Gasteiger partial charge in [0.05, 0.1) is 22.8 Å². The van der Waals surface area contributed by atoms with Crippen LogP contribution in [-0.2, 0) is 11.3 Å². The third-order valence-electron chi connectivity index (χ3n) is 4.98. The Bertz CT molecular complexity index is 1140. The smallest absolute Gasteiger partial charge is 0.273 e. The molecule has 0 saturated heterocycles. The SMILES string of the molecule is Cc1ccc(C(=O)NCC(=O)NCc2c(C)nn(-c3ccccc3)c2C)cc1[N+](=O)[O-]. The minimum Gasteiger partial charge on any atom is -0.350 e. The highest BCUT2D eigenvalue weighted by atomic mass is 16.6. The molecule has 0 saturated carbocycles. The van der Waals surface area contributed by atoms with Gasteiger partial charge in [-0.15, -0.1) is 0 Å². The Kier molecular flexibility index (Phi) is 6.44. The summed E-state index contributed by atoms with van der Waals surface area (Å²) in [6, 6.07) is 13.9. The van der Waals surface area contributed by atoms with Gasteiger partial charge in [0.2, 0.25) is 5.91 Å². The van der Waals surface area contributed by atoms with Crippen LogP contribution in [0.15, 0.2) is 48.5 Å². The number of amides is 2. The zero-order valence-corrected chi connectivity index (χ0v) is 17.5. The molecule has 0 bridgehead atoms. The zero-order valence-electron chi connectivity index (χ0n) is 17.5. The number of aromatic nitrogens is 2. The lowest BCUT2D eigenvalue weighted by atomic mass is 10.1. The molecule has 1 aromatic heterocycles. The fourth-order valence-electron chi connectivity index (χ4n) is 3.21. The number of carbonyl (C=O) groups is 2. The van der Waals surface area contributed by atoms with Crippen LogP contribution in [0.5, 0.6) is 0 Å². The normalized spacial score (nSPS) is 10.5. The van der Waals surface area contributed by atoms with E-state index in [-0.39, 0.29) is 30.2 Å². The number of aryl methyl sites for hydroxylation is 2. The van der Waals surface area contributed by atoms with Gasteiger partial charge in [-0.25, -0.2) is 4.68 Å². The van der Waals surface area contributed by atoms with Crippen molar-refractivity contribution < 1.29 is 14.5 Å². The first-order chi connectivity index (χ1) is 14.8. The summed E-state index contributed by atoms with van der Waals surface area (Å²) < 4.78 is 1.82. The van der Waals surface area contributed by atoms with Gasteiger partial charge in [-0.2, -0.15) is 5.10 Å². The molecule has 9 heteroatoms. The number of nitrogens with one attached hydrogen (secondary N) is 2. The molecule has 9 nitrogen and oxygen atoms in total. The number of para-hydroxylation sites is 1. The van der Waals surface area contributed by atoms with Crippen LogP contribution in [0.3, 0.4) is 0 Å². The van der Waals surface area contributed by atoms with E-state index in [4.69, 9.17) is 0 Å². The number of benzene rings is 2. The molecule has 1 heterocycles. The largest absolute Gasteiger partial charge is 0.350 e. The van der Waals surface area contributed by atoms with Crippen LogP contribution in [0, 0.1) is 30.9 Å². The number of hydrogen-bond acceptors (Lipinski definition) is 5. The quantitative estimate of drug-likeness (QED) is 0.449. The van der Waals surface area contributed by atoms with Gasteiger partial charge in [-0.3, -0.25) is 19.7 Å². The minimum absolute atomic E-state index is 0.126. The van der Waals surface area contributed by atoms with Crippen molar-refractivity contribution in [3.05, 3.63) is 86.7 Å². The van der Waals surface area contributed by atoms with E-state index >= 15 is 0 Å². The fourth-order valence-corrected chi connectivity index (χ4v) is 3.21. The molecule has 2 aromatic carbocycles. The molecule has 0 aliphatic heterocycles. The van der Waals surface area contributed by atoms with E-state index < -0.39 is 10.8 Å². The topological polar surface area (TPSA) is 119 Å². The van der Waals surface area contributed by atoms with Gasteiger partial charge in [-0.1, -0.05) is 24.3 Å². The lowest BCUT2D eigenvalue weighted by Crippen LogP contribution is -2.36. The first-order valence-electron chi connectivity index (χ1n) is 9.68. The van der Waals surface area contributed by atoms with E-state index in [2.05, 4.69) is 15.7 Å². The molecule has 2 N–H and O–H groups in total. The maximum absolute atomic E-state index is 12.3. The molecule has 2 amide bonds. The van der Waals surface area contributed by atoms with Crippen LogP contribution in [0.1, 0.15) is 32.9 Å². The molecule has 3 aromatic rings. The zero-order chi connectivity index (χ0) is 22.5. The highest BCUT2D eigenvalue weighted by Gasteiger charge is 2.17. The van der Waals surface area contributed by atoms with Crippen LogP contribution in [-0.4, -0.2) is 33.1 Å². The number of rotatable bonds is 7. The molecular formula is C22H23N5O4. The molecule has 0 spiro atoms.